The first kappa shape index (κ1) is 16.9. The van der Waals surface area contributed by atoms with E-state index in [1.807, 2.05) is 0 Å². The van der Waals surface area contributed by atoms with Crippen molar-refractivity contribution in [3.8, 4) is 17.3 Å². The molecule has 0 saturated heterocycles. The maximum atomic E-state index is 11.7. The number of nitrogens with zero attached hydrogens (tertiary/aromatic N) is 7. The molecular formula is C16H18N7O2. The van der Waals surface area contributed by atoms with E-state index in [1.165, 1.54) is 0 Å². The van der Waals surface area contributed by atoms with Gasteiger partial charge in [0.15, 0.2) is 0 Å². The monoisotopic (exact) mass is 340 g/mol. The van der Waals surface area contributed by atoms with Crippen LogP contribution < -0.4 is 4.74 Å². The Labute approximate surface area is 144 Å². The highest BCUT2D eigenvalue weighted by atomic mass is 16.5. The van der Waals surface area contributed by atoms with E-state index in [4.69, 9.17) is 10.3 Å². The topological polar surface area (TPSA) is 119 Å². The Balaban J connectivity index is 1.71. The second kappa shape index (κ2) is 6.90. The molecular weight excluding hydrogens is 322 g/mol. The van der Waals surface area contributed by atoms with Crippen molar-refractivity contribution in [1.82, 2.24) is 25.0 Å². The lowest BCUT2D eigenvalue weighted by molar-refractivity contribution is -0.119. The molecule has 0 N–H and O–H groups in total. The van der Waals surface area contributed by atoms with Crippen molar-refractivity contribution < 1.29 is 14.3 Å². The normalized spacial score (nSPS) is 19.5. The van der Waals surface area contributed by atoms with Gasteiger partial charge in [0.05, 0.1) is 11.9 Å². The second-order valence-corrected chi connectivity index (χ2v) is 6.05. The van der Waals surface area contributed by atoms with Crippen LogP contribution in [0.1, 0.15) is 30.7 Å². The van der Waals surface area contributed by atoms with Gasteiger partial charge in [-0.2, -0.15) is 4.79 Å². The van der Waals surface area contributed by atoms with Gasteiger partial charge in [0.25, 0.3) is 0 Å². The van der Waals surface area contributed by atoms with Gasteiger partial charge in [-0.3, -0.25) is 9.48 Å². The Kier molecular flexibility index (Phi) is 4.67. The molecule has 1 aliphatic rings. The minimum Gasteiger partial charge on any atom is -0.473 e. The third-order valence-electron chi connectivity index (χ3n) is 4.34. The number of ketones is 1. The Morgan fingerprint density at radius 2 is 2.32 bits per heavy atom. The summed E-state index contributed by atoms with van der Waals surface area (Å²) >= 11 is 0. The zero-order chi connectivity index (χ0) is 18.0. The molecule has 1 aliphatic carbocycles. The molecule has 2 aromatic heterocycles. The van der Waals surface area contributed by atoms with Crippen LogP contribution in [0.2, 0.25) is 0 Å². The predicted molar refractivity (Wildman–Crippen MR) is 87.7 cm³/mol. The quantitative estimate of drug-likeness (QED) is 0.458. The molecule has 129 valence electrons. The molecule has 0 unspecified atom stereocenters. The third kappa shape index (κ3) is 3.46. The van der Waals surface area contributed by atoms with Crippen molar-refractivity contribution in [1.29, 1.82) is 0 Å². The fourth-order valence-electron chi connectivity index (χ4n) is 2.90. The minimum atomic E-state index is -0.183. The third-order valence-corrected chi connectivity index (χ3v) is 4.34. The Morgan fingerprint density at radius 3 is 2.96 bits per heavy atom. The van der Waals surface area contributed by atoms with E-state index in [2.05, 4.69) is 32.0 Å². The van der Waals surface area contributed by atoms with E-state index in [0.717, 1.165) is 12.6 Å². The van der Waals surface area contributed by atoms with Crippen molar-refractivity contribution in [2.75, 3.05) is 0 Å². The molecule has 0 spiro atoms. The molecule has 2 aromatic rings. The second-order valence-electron chi connectivity index (χ2n) is 6.05. The van der Waals surface area contributed by atoms with Crippen molar-refractivity contribution in [2.45, 2.75) is 32.3 Å². The average Bonchev–Trinajstić information content (AvgIpc) is 3.18. The highest BCUT2D eigenvalue weighted by Crippen LogP contribution is 2.30. The van der Waals surface area contributed by atoms with Gasteiger partial charge in [0.2, 0.25) is 11.7 Å². The predicted octanol–water partition coefficient (Wildman–Crippen LogP) is 1.18. The number of carbonyl (C=O) groups is 1. The summed E-state index contributed by atoms with van der Waals surface area (Å²) in [7, 11) is 1.76. The molecule has 1 fully saturated rings. The molecule has 1 saturated carbocycles. The summed E-state index contributed by atoms with van der Waals surface area (Å²) in [5.41, 5.74) is 10.9. The summed E-state index contributed by atoms with van der Waals surface area (Å²) in [4.78, 5) is 23.3. The number of rotatable bonds is 5. The van der Waals surface area contributed by atoms with Gasteiger partial charge in [-0.25, -0.2) is 9.97 Å². The van der Waals surface area contributed by atoms with Gasteiger partial charge in [0.1, 0.15) is 23.2 Å². The number of hydrogen-bond acceptors (Lipinski definition) is 6. The number of Topliss-reactive ketones (excluding diaryl/α,β-unsaturated/α-hetero) is 1. The zero-order valence-electron chi connectivity index (χ0n) is 14.1. The fraction of sp³-hybridized carbons (Fsp3) is 0.438. The molecule has 9 heteroatoms. The summed E-state index contributed by atoms with van der Waals surface area (Å²) in [6.45, 7) is 5.72. The molecule has 0 bridgehead atoms. The lowest BCUT2D eigenvalue weighted by Crippen LogP contribution is -2.18. The van der Waals surface area contributed by atoms with Crippen LogP contribution in [0.15, 0.2) is 6.20 Å². The number of hydrogen-bond donors (Lipinski definition) is 0. The highest BCUT2D eigenvalue weighted by molar-refractivity contribution is 6.26. The van der Waals surface area contributed by atoms with Gasteiger partial charge >= 0.3 is 6.21 Å². The number of aromatic nitrogens is 5. The highest BCUT2D eigenvalue weighted by Gasteiger charge is 2.32. The fourth-order valence-corrected chi connectivity index (χ4v) is 2.90. The number of carbonyl (C=O) groups excluding carboxylic acids is 1. The van der Waals surface area contributed by atoms with Crippen LogP contribution in [0, 0.1) is 19.8 Å². The Bertz CT molecular complexity index is 854. The summed E-state index contributed by atoms with van der Waals surface area (Å²) in [6.07, 6.45) is 4.43. The standard InChI is InChI=1S/C16H18N7O2/c1-9-16(25-12-5-4-11(6-12)14(24)8-19-17)18-7-13(20-9)15-10(2)23(3)22-21-15/h7-8,11-12H,2,4-6H2,1,3H3/t11-,12-/m0/s1. The van der Waals surface area contributed by atoms with Crippen molar-refractivity contribution in [3.63, 3.8) is 0 Å². The molecule has 25 heavy (non-hydrogen) atoms. The van der Waals surface area contributed by atoms with Gasteiger partial charge in [-0.05, 0) is 33.1 Å². The number of aryl methyl sites for hydroxylation is 2. The molecule has 0 amide bonds. The van der Waals surface area contributed by atoms with E-state index in [9.17, 15) is 4.79 Å². The molecule has 0 aliphatic heterocycles. The maximum Gasteiger partial charge on any atom is 0.323 e. The zero-order valence-corrected chi connectivity index (χ0v) is 14.1. The van der Waals surface area contributed by atoms with Gasteiger partial charge in [-0.1, -0.05) is 5.21 Å². The summed E-state index contributed by atoms with van der Waals surface area (Å²) < 4.78 is 7.47. The van der Waals surface area contributed by atoms with Crippen molar-refractivity contribution in [3.05, 3.63) is 30.0 Å². The Hall–Kier alpha value is -2.93. The van der Waals surface area contributed by atoms with Crippen LogP contribution in [0.3, 0.4) is 0 Å². The van der Waals surface area contributed by atoms with E-state index in [-0.39, 0.29) is 17.8 Å². The Morgan fingerprint density at radius 1 is 1.52 bits per heavy atom. The summed E-state index contributed by atoms with van der Waals surface area (Å²) in [6, 6.07) is 0. The van der Waals surface area contributed by atoms with E-state index >= 15 is 0 Å². The van der Waals surface area contributed by atoms with E-state index in [1.54, 1.807) is 24.9 Å². The largest absolute Gasteiger partial charge is 0.473 e. The smallest absolute Gasteiger partial charge is 0.323 e. The first-order valence-electron chi connectivity index (χ1n) is 7.93. The van der Waals surface area contributed by atoms with Gasteiger partial charge in [0, 0.05) is 13.0 Å². The molecule has 3 rings (SSSR count). The van der Waals surface area contributed by atoms with Crippen LogP contribution in [0.4, 0.5) is 0 Å². The van der Waals surface area contributed by atoms with Gasteiger partial charge in [-0.15, -0.1) is 5.10 Å². The van der Waals surface area contributed by atoms with Crippen LogP contribution >= 0.6 is 0 Å². The minimum absolute atomic E-state index is 0.111. The first-order chi connectivity index (χ1) is 12.0. The average molecular weight is 340 g/mol. The van der Waals surface area contributed by atoms with Crippen LogP contribution in [-0.4, -0.2) is 47.9 Å². The van der Waals surface area contributed by atoms with Crippen molar-refractivity contribution >= 4 is 12.0 Å². The maximum absolute atomic E-state index is 11.7. The van der Waals surface area contributed by atoms with Crippen molar-refractivity contribution in [2.24, 2.45) is 13.0 Å². The lowest BCUT2D eigenvalue weighted by Gasteiger charge is -2.14. The molecule has 9 nitrogen and oxygen atoms in total. The molecule has 2 atom stereocenters. The van der Waals surface area contributed by atoms with E-state index < -0.39 is 0 Å². The van der Waals surface area contributed by atoms with E-state index in [0.29, 0.717) is 41.5 Å². The summed E-state index contributed by atoms with van der Waals surface area (Å²) in [5.74, 6) is 0.0753. The SMILES string of the molecule is [CH2]c1c(-c2cnc(O[C@H]3CC[C@H](C(=O)C=[N+]=[N-])C3)c(C)n2)nnn1C. The molecule has 1 radical (unpaired) electrons. The lowest BCUT2D eigenvalue weighted by atomic mass is 10.0. The number of ether oxygens (including phenoxy) is 1. The molecule has 2 heterocycles. The van der Waals surface area contributed by atoms with Crippen LogP contribution in [-0.2, 0) is 11.8 Å². The summed E-state index contributed by atoms with van der Waals surface area (Å²) in [5, 5.41) is 7.96. The van der Waals surface area contributed by atoms with Crippen LogP contribution in [0.5, 0.6) is 5.88 Å². The van der Waals surface area contributed by atoms with Gasteiger partial charge < -0.3 is 10.3 Å². The van der Waals surface area contributed by atoms with Crippen LogP contribution in [0.25, 0.3) is 16.9 Å². The molecule has 0 aromatic carbocycles. The first-order valence-corrected chi connectivity index (χ1v) is 7.93.